The first-order valence-electron chi connectivity index (χ1n) is 8.97. The Hall–Kier alpha value is -1.48. The summed E-state index contributed by atoms with van der Waals surface area (Å²) < 4.78 is 12.2. The molecule has 0 amide bonds. The van der Waals surface area contributed by atoms with Gasteiger partial charge in [0, 0.05) is 38.8 Å². The Kier molecular flexibility index (Phi) is 6.06. The van der Waals surface area contributed by atoms with E-state index in [2.05, 4.69) is 15.3 Å². The van der Waals surface area contributed by atoms with E-state index >= 15 is 0 Å². The molecule has 0 spiro atoms. The first-order valence-corrected chi connectivity index (χ1v) is 8.97. The summed E-state index contributed by atoms with van der Waals surface area (Å²) in [7, 11) is 1.67. The van der Waals surface area contributed by atoms with Crippen molar-refractivity contribution >= 4 is 5.82 Å². The summed E-state index contributed by atoms with van der Waals surface area (Å²) in [4.78, 5) is 13.8. The van der Waals surface area contributed by atoms with Crippen LogP contribution in [-0.2, 0) is 16.5 Å². The van der Waals surface area contributed by atoms with E-state index < -0.39 is 5.60 Å². The van der Waals surface area contributed by atoms with E-state index in [4.69, 9.17) is 9.47 Å². The van der Waals surface area contributed by atoms with Crippen LogP contribution in [-0.4, -0.2) is 72.6 Å². The Labute approximate surface area is 147 Å². The third kappa shape index (κ3) is 4.78. The number of aliphatic hydroxyl groups is 1. The highest BCUT2D eigenvalue weighted by molar-refractivity contribution is 5.38. The van der Waals surface area contributed by atoms with Crippen molar-refractivity contribution in [3.63, 3.8) is 0 Å². The number of hydrogen-bond acceptors (Lipinski definition) is 7. The maximum absolute atomic E-state index is 11.6. The van der Waals surface area contributed by atoms with Gasteiger partial charge in [0.05, 0.1) is 26.4 Å². The highest BCUT2D eigenvalue weighted by Crippen LogP contribution is 2.22. The lowest BCUT2D eigenvalue weighted by Crippen LogP contribution is -2.52. The van der Waals surface area contributed by atoms with Gasteiger partial charge in [-0.3, -0.25) is 4.79 Å². The topological polar surface area (TPSA) is 88.9 Å². The number of aromatic nitrogens is 2. The Morgan fingerprint density at radius 1 is 1.32 bits per heavy atom. The smallest absolute Gasteiger partial charge is 0.266 e. The Morgan fingerprint density at radius 2 is 2.08 bits per heavy atom. The molecule has 2 N–H and O–H groups in total. The van der Waals surface area contributed by atoms with Gasteiger partial charge in [-0.05, 0) is 25.3 Å². The summed E-state index contributed by atoms with van der Waals surface area (Å²) in [5.74, 6) is 0.827. The lowest BCUT2D eigenvalue weighted by atomic mass is 10.0. The average molecular weight is 352 g/mol. The molecule has 1 unspecified atom stereocenters. The fourth-order valence-electron chi connectivity index (χ4n) is 3.41. The van der Waals surface area contributed by atoms with Crippen molar-refractivity contribution in [1.82, 2.24) is 15.1 Å². The first kappa shape index (κ1) is 18.3. The first-order chi connectivity index (χ1) is 12.1. The second-order valence-electron chi connectivity index (χ2n) is 6.96. The largest absolute Gasteiger partial charge is 0.384 e. The van der Waals surface area contributed by atoms with Crippen molar-refractivity contribution in [2.75, 3.05) is 51.0 Å². The summed E-state index contributed by atoms with van der Waals surface area (Å²) >= 11 is 0. The molecule has 1 aromatic heterocycles. The minimum Gasteiger partial charge on any atom is -0.384 e. The molecule has 3 heterocycles. The van der Waals surface area contributed by atoms with Crippen LogP contribution < -0.4 is 15.8 Å². The monoisotopic (exact) mass is 352 g/mol. The van der Waals surface area contributed by atoms with Crippen LogP contribution >= 0.6 is 0 Å². The van der Waals surface area contributed by atoms with Gasteiger partial charge in [-0.1, -0.05) is 0 Å². The molecule has 8 nitrogen and oxygen atoms in total. The molecule has 140 valence electrons. The summed E-state index contributed by atoms with van der Waals surface area (Å²) in [6.07, 6.45) is 3.35. The summed E-state index contributed by atoms with van der Waals surface area (Å²) in [5, 5.41) is 18.3. The van der Waals surface area contributed by atoms with E-state index in [0.717, 1.165) is 31.7 Å². The molecule has 2 saturated heterocycles. The van der Waals surface area contributed by atoms with E-state index in [1.165, 1.54) is 11.1 Å². The van der Waals surface area contributed by atoms with Gasteiger partial charge in [0.15, 0.2) is 0 Å². The number of aryl methyl sites for hydroxylation is 1. The minimum absolute atomic E-state index is 0.106. The fraction of sp³-hybridized carbons (Fsp3) is 0.765. The third-order valence-electron chi connectivity index (χ3n) is 4.82. The highest BCUT2D eigenvalue weighted by atomic mass is 16.6. The number of hydrogen-bond donors (Lipinski definition) is 2. The predicted octanol–water partition coefficient (Wildman–Crippen LogP) is -0.493. The number of nitrogens with zero attached hydrogens (tertiary/aromatic N) is 3. The number of rotatable bonds is 5. The summed E-state index contributed by atoms with van der Waals surface area (Å²) in [5.41, 5.74) is -1.09. The third-order valence-corrected chi connectivity index (χ3v) is 4.82. The van der Waals surface area contributed by atoms with Gasteiger partial charge in [0.25, 0.3) is 5.56 Å². The molecule has 0 aromatic carbocycles. The molecule has 0 radical (unpaired) electrons. The van der Waals surface area contributed by atoms with Crippen LogP contribution in [0, 0.1) is 0 Å². The van der Waals surface area contributed by atoms with E-state index in [1.54, 1.807) is 19.2 Å². The van der Waals surface area contributed by atoms with Gasteiger partial charge >= 0.3 is 0 Å². The van der Waals surface area contributed by atoms with E-state index in [-0.39, 0.29) is 24.8 Å². The van der Waals surface area contributed by atoms with Crippen LogP contribution in [0.3, 0.4) is 0 Å². The molecule has 0 saturated carbocycles. The zero-order chi connectivity index (χ0) is 17.7. The Morgan fingerprint density at radius 3 is 2.80 bits per heavy atom. The Balaban J connectivity index is 1.59. The van der Waals surface area contributed by atoms with Crippen LogP contribution in [0.1, 0.15) is 19.3 Å². The number of ether oxygens (including phenoxy) is 2. The van der Waals surface area contributed by atoms with Crippen LogP contribution in [0.15, 0.2) is 16.9 Å². The van der Waals surface area contributed by atoms with E-state index in [1.807, 2.05) is 0 Å². The second kappa shape index (κ2) is 8.27. The van der Waals surface area contributed by atoms with Crippen LogP contribution in [0.5, 0.6) is 0 Å². The van der Waals surface area contributed by atoms with Gasteiger partial charge in [0.1, 0.15) is 11.4 Å². The SMILES string of the molecule is Cn1nc(N2CCCCC2CNCC2(O)COCCOC2)ccc1=O. The van der Waals surface area contributed by atoms with E-state index in [0.29, 0.717) is 19.8 Å². The predicted molar refractivity (Wildman–Crippen MR) is 93.9 cm³/mol. The quantitative estimate of drug-likeness (QED) is 0.739. The van der Waals surface area contributed by atoms with Crippen molar-refractivity contribution in [2.45, 2.75) is 30.9 Å². The molecular weight excluding hydrogens is 324 g/mol. The average Bonchev–Trinajstić information content (AvgIpc) is 2.83. The standard InChI is InChI=1S/C17H28N4O4/c1-20-16(22)6-5-15(19-20)21-7-3-2-4-14(21)10-18-11-17(23)12-24-8-9-25-13-17/h5-6,14,18,23H,2-4,7-13H2,1H3. The van der Waals surface area contributed by atoms with Crippen molar-refractivity contribution in [1.29, 1.82) is 0 Å². The molecule has 1 atom stereocenters. The number of anilines is 1. The zero-order valence-electron chi connectivity index (χ0n) is 14.8. The van der Waals surface area contributed by atoms with Gasteiger partial charge in [-0.2, -0.15) is 5.10 Å². The van der Waals surface area contributed by atoms with E-state index in [9.17, 15) is 9.90 Å². The van der Waals surface area contributed by atoms with Crippen molar-refractivity contribution in [2.24, 2.45) is 7.05 Å². The fourth-order valence-corrected chi connectivity index (χ4v) is 3.41. The van der Waals surface area contributed by atoms with Crippen molar-refractivity contribution < 1.29 is 14.6 Å². The Bertz CT molecular complexity index is 613. The van der Waals surface area contributed by atoms with Crippen LogP contribution in [0.4, 0.5) is 5.82 Å². The summed E-state index contributed by atoms with van der Waals surface area (Å²) in [6, 6.07) is 3.64. The van der Waals surface area contributed by atoms with Crippen LogP contribution in [0.2, 0.25) is 0 Å². The van der Waals surface area contributed by atoms with Crippen molar-refractivity contribution in [3.8, 4) is 0 Å². The maximum atomic E-state index is 11.6. The molecule has 8 heteroatoms. The molecule has 2 fully saturated rings. The van der Waals surface area contributed by atoms with Crippen LogP contribution in [0.25, 0.3) is 0 Å². The molecule has 2 aliphatic rings. The van der Waals surface area contributed by atoms with Gasteiger partial charge in [-0.15, -0.1) is 0 Å². The maximum Gasteiger partial charge on any atom is 0.266 e. The molecule has 3 rings (SSSR count). The lowest BCUT2D eigenvalue weighted by Gasteiger charge is -2.37. The molecule has 1 aromatic rings. The number of piperidine rings is 1. The number of nitrogens with one attached hydrogen (secondary N) is 1. The highest BCUT2D eigenvalue weighted by Gasteiger charge is 2.30. The summed E-state index contributed by atoms with van der Waals surface area (Å²) in [6.45, 7) is 3.72. The van der Waals surface area contributed by atoms with Gasteiger partial charge < -0.3 is 24.8 Å². The molecule has 0 aliphatic carbocycles. The molecule has 25 heavy (non-hydrogen) atoms. The van der Waals surface area contributed by atoms with Crippen molar-refractivity contribution in [3.05, 3.63) is 22.5 Å². The minimum atomic E-state index is -0.981. The second-order valence-corrected chi connectivity index (χ2v) is 6.96. The molecule has 0 bridgehead atoms. The zero-order valence-corrected chi connectivity index (χ0v) is 14.8. The lowest BCUT2D eigenvalue weighted by molar-refractivity contribution is -0.0531. The van der Waals surface area contributed by atoms with Gasteiger partial charge in [-0.25, -0.2) is 4.68 Å². The van der Waals surface area contributed by atoms with Gasteiger partial charge in [0.2, 0.25) is 0 Å². The molecular formula is C17H28N4O4. The normalized spacial score (nSPS) is 24.1. The molecule has 2 aliphatic heterocycles.